The van der Waals surface area contributed by atoms with Gasteiger partial charge in [-0.05, 0) is 12.5 Å². The van der Waals surface area contributed by atoms with Gasteiger partial charge in [0.2, 0.25) is 5.91 Å². The average molecular weight is 343 g/mol. The van der Waals surface area contributed by atoms with E-state index in [0.29, 0.717) is 25.6 Å². The molecule has 1 aromatic carbocycles. The van der Waals surface area contributed by atoms with Gasteiger partial charge in [0, 0.05) is 27.2 Å². The number of hydrogen-bond donors (Lipinski definition) is 2. The van der Waals surface area contributed by atoms with Crippen LogP contribution in [0.4, 0.5) is 0 Å². The molecule has 2 rings (SSSR count). The third-order valence-corrected chi connectivity index (χ3v) is 3.80. The van der Waals surface area contributed by atoms with E-state index in [-0.39, 0.29) is 12.5 Å². The van der Waals surface area contributed by atoms with Crippen LogP contribution < -0.4 is 10.6 Å². The van der Waals surface area contributed by atoms with E-state index >= 15 is 0 Å². The largest absolute Gasteiger partial charge is 0.349 e. The van der Waals surface area contributed by atoms with Crippen molar-refractivity contribution in [3.8, 4) is 0 Å². The molecule has 1 heterocycles. The second-order valence-electron chi connectivity index (χ2n) is 5.47. The van der Waals surface area contributed by atoms with Gasteiger partial charge in [0.05, 0.1) is 13.1 Å². The number of carbonyl (C=O) groups is 1. The Hall–Kier alpha value is -2.90. The van der Waals surface area contributed by atoms with Crippen molar-refractivity contribution in [3.05, 3.63) is 48.0 Å². The molecule has 0 radical (unpaired) electrons. The minimum absolute atomic E-state index is 0.0213. The molecule has 0 aliphatic heterocycles. The summed E-state index contributed by atoms with van der Waals surface area (Å²) in [6.07, 6.45) is 1.50. The smallest absolute Gasteiger partial charge is 0.242 e. The number of amides is 1. The minimum Gasteiger partial charge on any atom is -0.349 e. The first-order valence-corrected chi connectivity index (χ1v) is 8.23. The standard InChI is InChI=1S/C17H25N7O/c1-4-24(12-14-8-6-5-7-9-14)16(25)11-20-17(18-2)19-10-15-21-13-22-23(15)3/h5-9,13H,4,10-12H2,1-3H3,(H2,18,19,20). The molecule has 0 saturated carbocycles. The first kappa shape index (κ1) is 18.4. The van der Waals surface area contributed by atoms with Crippen LogP contribution in [0.1, 0.15) is 18.3 Å². The van der Waals surface area contributed by atoms with Gasteiger partial charge < -0.3 is 15.5 Å². The highest BCUT2D eigenvalue weighted by atomic mass is 16.2. The maximum atomic E-state index is 12.4. The van der Waals surface area contributed by atoms with Gasteiger partial charge in [-0.25, -0.2) is 4.98 Å². The van der Waals surface area contributed by atoms with Crippen molar-refractivity contribution >= 4 is 11.9 Å². The van der Waals surface area contributed by atoms with Crippen molar-refractivity contribution < 1.29 is 4.79 Å². The molecule has 2 N–H and O–H groups in total. The SMILES string of the molecule is CCN(Cc1ccccc1)C(=O)CNC(=NC)NCc1ncnn1C. The molecule has 134 valence electrons. The van der Waals surface area contributed by atoms with E-state index in [2.05, 4.69) is 25.7 Å². The van der Waals surface area contributed by atoms with E-state index < -0.39 is 0 Å². The molecule has 0 spiro atoms. The summed E-state index contributed by atoms with van der Waals surface area (Å²) in [5.41, 5.74) is 1.11. The zero-order chi connectivity index (χ0) is 18.1. The number of aliphatic imine (C=N–C) groups is 1. The Bertz CT molecular complexity index is 696. The van der Waals surface area contributed by atoms with Crippen molar-refractivity contribution in [1.29, 1.82) is 0 Å². The molecule has 8 nitrogen and oxygen atoms in total. The third kappa shape index (κ3) is 5.59. The predicted octanol–water partition coefficient (Wildman–Crippen LogP) is 0.529. The van der Waals surface area contributed by atoms with E-state index in [1.165, 1.54) is 6.33 Å². The number of guanidine groups is 1. The molecule has 0 saturated heterocycles. The Morgan fingerprint density at radius 2 is 2.04 bits per heavy atom. The van der Waals surface area contributed by atoms with Gasteiger partial charge in [-0.3, -0.25) is 14.5 Å². The number of aromatic nitrogens is 3. The molecule has 1 aromatic heterocycles. The highest BCUT2D eigenvalue weighted by molar-refractivity contribution is 5.86. The van der Waals surface area contributed by atoms with Gasteiger partial charge in [0.1, 0.15) is 12.2 Å². The third-order valence-electron chi connectivity index (χ3n) is 3.80. The number of nitrogens with one attached hydrogen (secondary N) is 2. The number of likely N-dealkylation sites (N-methyl/N-ethyl adjacent to an activating group) is 1. The topological polar surface area (TPSA) is 87.4 Å². The van der Waals surface area contributed by atoms with Gasteiger partial charge in [-0.1, -0.05) is 30.3 Å². The summed E-state index contributed by atoms with van der Waals surface area (Å²) in [7, 11) is 3.49. The molecule has 2 aromatic rings. The van der Waals surface area contributed by atoms with E-state index in [4.69, 9.17) is 0 Å². The lowest BCUT2D eigenvalue weighted by atomic mass is 10.2. The summed E-state index contributed by atoms with van der Waals surface area (Å²) < 4.78 is 1.68. The molecule has 25 heavy (non-hydrogen) atoms. The van der Waals surface area contributed by atoms with Crippen molar-refractivity contribution in [3.63, 3.8) is 0 Å². The molecule has 0 fully saturated rings. The maximum Gasteiger partial charge on any atom is 0.242 e. The van der Waals surface area contributed by atoms with Crippen LogP contribution in [-0.2, 0) is 24.9 Å². The summed E-state index contributed by atoms with van der Waals surface area (Å²) in [5, 5.41) is 10.2. The van der Waals surface area contributed by atoms with E-state index in [9.17, 15) is 4.79 Å². The highest BCUT2D eigenvalue weighted by Crippen LogP contribution is 2.04. The van der Waals surface area contributed by atoms with E-state index in [1.54, 1.807) is 16.6 Å². The molecular formula is C17H25N7O. The Morgan fingerprint density at radius 1 is 1.28 bits per heavy atom. The van der Waals surface area contributed by atoms with Crippen LogP contribution in [0.3, 0.4) is 0 Å². The van der Waals surface area contributed by atoms with Crippen molar-refractivity contribution in [2.75, 3.05) is 20.1 Å². The lowest BCUT2D eigenvalue weighted by Crippen LogP contribution is -2.44. The van der Waals surface area contributed by atoms with Gasteiger partial charge in [-0.2, -0.15) is 5.10 Å². The number of aryl methyl sites for hydroxylation is 1. The number of rotatable bonds is 7. The normalized spacial score (nSPS) is 11.2. The Morgan fingerprint density at radius 3 is 2.64 bits per heavy atom. The summed E-state index contributed by atoms with van der Waals surface area (Å²) in [4.78, 5) is 22.5. The lowest BCUT2D eigenvalue weighted by molar-refractivity contribution is -0.130. The van der Waals surface area contributed by atoms with Gasteiger partial charge in [-0.15, -0.1) is 0 Å². The Kier molecular flexibility index (Phi) is 6.94. The Labute approximate surface area is 148 Å². The first-order chi connectivity index (χ1) is 12.1. The van der Waals surface area contributed by atoms with Crippen molar-refractivity contribution in [2.24, 2.45) is 12.0 Å². The summed E-state index contributed by atoms with van der Waals surface area (Å²) in [5.74, 6) is 1.36. The molecular weight excluding hydrogens is 318 g/mol. The number of benzene rings is 1. The summed E-state index contributed by atoms with van der Waals surface area (Å²) >= 11 is 0. The maximum absolute atomic E-state index is 12.4. The molecule has 8 heteroatoms. The molecule has 0 aliphatic rings. The quantitative estimate of drug-likeness (QED) is 0.566. The average Bonchev–Trinajstić information content (AvgIpc) is 3.05. The zero-order valence-electron chi connectivity index (χ0n) is 14.9. The number of carbonyl (C=O) groups excluding carboxylic acids is 1. The second kappa shape index (κ2) is 9.41. The first-order valence-electron chi connectivity index (χ1n) is 8.23. The fourth-order valence-corrected chi connectivity index (χ4v) is 2.31. The van der Waals surface area contributed by atoms with Gasteiger partial charge in [0.15, 0.2) is 5.96 Å². The number of nitrogens with zero attached hydrogens (tertiary/aromatic N) is 5. The van der Waals surface area contributed by atoms with E-state index in [0.717, 1.165) is 11.4 Å². The number of hydrogen-bond acceptors (Lipinski definition) is 4. The van der Waals surface area contributed by atoms with E-state index in [1.807, 2.05) is 44.3 Å². The van der Waals surface area contributed by atoms with Crippen LogP contribution in [0.15, 0.2) is 41.7 Å². The molecule has 1 amide bonds. The van der Waals surface area contributed by atoms with Crippen LogP contribution in [0.5, 0.6) is 0 Å². The molecule has 0 unspecified atom stereocenters. The summed E-state index contributed by atoms with van der Waals surface area (Å²) in [6, 6.07) is 9.96. The monoisotopic (exact) mass is 343 g/mol. The summed E-state index contributed by atoms with van der Waals surface area (Å²) in [6.45, 7) is 3.89. The lowest BCUT2D eigenvalue weighted by Gasteiger charge is -2.22. The molecule has 0 atom stereocenters. The molecule has 0 aliphatic carbocycles. The van der Waals surface area contributed by atoms with Crippen LogP contribution in [0.25, 0.3) is 0 Å². The molecule has 0 bridgehead atoms. The fraction of sp³-hybridized carbons (Fsp3) is 0.412. The van der Waals surface area contributed by atoms with Crippen LogP contribution in [0.2, 0.25) is 0 Å². The van der Waals surface area contributed by atoms with Crippen LogP contribution in [-0.4, -0.2) is 51.7 Å². The van der Waals surface area contributed by atoms with Gasteiger partial charge >= 0.3 is 0 Å². The van der Waals surface area contributed by atoms with Crippen LogP contribution in [0, 0.1) is 0 Å². The van der Waals surface area contributed by atoms with Crippen LogP contribution >= 0.6 is 0 Å². The zero-order valence-corrected chi connectivity index (χ0v) is 14.9. The van der Waals surface area contributed by atoms with Crippen molar-refractivity contribution in [2.45, 2.75) is 20.0 Å². The van der Waals surface area contributed by atoms with Gasteiger partial charge in [0.25, 0.3) is 0 Å². The second-order valence-corrected chi connectivity index (χ2v) is 5.47. The minimum atomic E-state index is 0.0213. The fourth-order valence-electron chi connectivity index (χ4n) is 2.31. The Balaban J connectivity index is 1.82. The highest BCUT2D eigenvalue weighted by Gasteiger charge is 2.13. The van der Waals surface area contributed by atoms with Crippen molar-refractivity contribution in [1.82, 2.24) is 30.3 Å². The predicted molar refractivity (Wildman–Crippen MR) is 96.7 cm³/mol.